The highest BCUT2D eigenvalue weighted by molar-refractivity contribution is 5.88. The minimum absolute atomic E-state index is 0.0873. The van der Waals surface area contributed by atoms with Crippen molar-refractivity contribution in [3.05, 3.63) is 58.5 Å². The van der Waals surface area contributed by atoms with E-state index < -0.39 is 0 Å². The average Bonchev–Trinajstić information content (AvgIpc) is 3.05. The van der Waals surface area contributed by atoms with Crippen molar-refractivity contribution >= 4 is 16.8 Å². The van der Waals surface area contributed by atoms with Crippen molar-refractivity contribution in [3.63, 3.8) is 0 Å². The van der Waals surface area contributed by atoms with Gasteiger partial charge in [0.05, 0.1) is 25.2 Å². The second kappa shape index (κ2) is 9.65. The summed E-state index contributed by atoms with van der Waals surface area (Å²) in [5.41, 5.74) is 4.52. The van der Waals surface area contributed by atoms with E-state index in [9.17, 15) is 9.18 Å². The lowest BCUT2D eigenvalue weighted by molar-refractivity contribution is -0.120. The summed E-state index contributed by atoms with van der Waals surface area (Å²) in [5, 5.41) is 3.56. The van der Waals surface area contributed by atoms with Crippen LogP contribution in [-0.4, -0.2) is 30.6 Å². The van der Waals surface area contributed by atoms with E-state index in [0.29, 0.717) is 43.1 Å². The number of carbonyl (C=O) groups is 1. The molecule has 2 aromatic carbocycles. The molecule has 0 unspecified atom stereocenters. The third kappa shape index (κ3) is 4.75. The van der Waals surface area contributed by atoms with Crippen molar-refractivity contribution in [2.24, 2.45) is 0 Å². The number of rotatable bonds is 9. The number of H-pyrrole nitrogens is 1. The van der Waals surface area contributed by atoms with Gasteiger partial charge in [-0.1, -0.05) is 12.1 Å². The summed E-state index contributed by atoms with van der Waals surface area (Å²) >= 11 is 0. The van der Waals surface area contributed by atoms with Gasteiger partial charge in [0, 0.05) is 17.6 Å². The maximum absolute atomic E-state index is 14.4. The van der Waals surface area contributed by atoms with Crippen LogP contribution >= 0.6 is 0 Å². The molecule has 0 bridgehead atoms. The molecule has 0 aliphatic rings. The van der Waals surface area contributed by atoms with Crippen molar-refractivity contribution in [1.82, 2.24) is 10.3 Å². The molecule has 3 aromatic rings. The fraction of sp³-hybridized carbons (Fsp3) is 0.375. The molecule has 0 aliphatic heterocycles. The first kappa shape index (κ1) is 21.7. The number of aromatic nitrogens is 1. The minimum atomic E-state index is -0.237. The average molecular weight is 413 g/mol. The van der Waals surface area contributed by atoms with Crippen LogP contribution in [0.4, 0.5) is 4.39 Å². The number of benzene rings is 2. The van der Waals surface area contributed by atoms with E-state index in [-0.39, 0.29) is 18.1 Å². The van der Waals surface area contributed by atoms with Crippen LogP contribution < -0.4 is 14.8 Å². The molecule has 1 aromatic heterocycles. The molecule has 0 atom stereocenters. The van der Waals surface area contributed by atoms with Gasteiger partial charge >= 0.3 is 0 Å². The summed E-state index contributed by atoms with van der Waals surface area (Å²) < 4.78 is 25.6. The molecule has 1 heterocycles. The molecule has 0 saturated heterocycles. The number of aryl methyl sites for hydroxylation is 2. The minimum Gasteiger partial charge on any atom is -0.490 e. The number of halogens is 1. The summed E-state index contributed by atoms with van der Waals surface area (Å²) in [6.07, 6.45) is 0.804. The number of carbonyl (C=O) groups excluding carboxylic acids is 1. The van der Waals surface area contributed by atoms with Crippen LogP contribution in [0.15, 0.2) is 30.3 Å². The van der Waals surface area contributed by atoms with Crippen LogP contribution in [0.3, 0.4) is 0 Å². The Kier molecular flexibility index (Phi) is 6.98. The summed E-state index contributed by atoms with van der Waals surface area (Å²) in [6.45, 7) is 9.23. The molecule has 3 rings (SSSR count). The summed E-state index contributed by atoms with van der Waals surface area (Å²) in [4.78, 5) is 15.7. The lowest BCUT2D eigenvalue weighted by atomic mass is 10.0. The van der Waals surface area contributed by atoms with Gasteiger partial charge in [-0.15, -0.1) is 0 Å². The second-order valence-corrected chi connectivity index (χ2v) is 7.27. The predicted octanol–water partition coefficient (Wildman–Crippen LogP) is 4.62. The van der Waals surface area contributed by atoms with Gasteiger partial charge < -0.3 is 19.8 Å². The summed E-state index contributed by atoms with van der Waals surface area (Å²) in [5.74, 6) is 0.996. The van der Waals surface area contributed by atoms with Crippen molar-refractivity contribution in [2.75, 3.05) is 19.8 Å². The fourth-order valence-electron chi connectivity index (χ4n) is 3.68. The first-order valence-electron chi connectivity index (χ1n) is 10.4. The Morgan fingerprint density at radius 2 is 1.80 bits per heavy atom. The molecule has 0 fully saturated rings. The summed E-state index contributed by atoms with van der Waals surface area (Å²) in [7, 11) is 0. The molecule has 0 spiro atoms. The Bertz CT molecular complexity index is 1040. The van der Waals surface area contributed by atoms with Crippen molar-refractivity contribution in [3.8, 4) is 11.5 Å². The smallest absolute Gasteiger partial charge is 0.224 e. The normalized spacial score (nSPS) is 11.0. The first-order valence-corrected chi connectivity index (χ1v) is 10.4. The molecule has 2 N–H and O–H groups in total. The van der Waals surface area contributed by atoms with Gasteiger partial charge in [-0.2, -0.15) is 0 Å². The van der Waals surface area contributed by atoms with Gasteiger partial charge in [-0.3, -0.25) is 4.79 Å². The second-order valence-electron chi connectivity index (χ2n) is 7.27. The number of nitrogens with one attached hydrogen (secondary N) is 2. The standard InChI is InChI=1S/C24H29FN2O3/c1-5-29-20-10-8-17(13-21(20)30-6-2)14-22(28)26-12-11-18-16(4)27-24-15(3)7-9-19(25)23(18)24/h7-10,13,27H,5-6,11-12,14H2,1-4H3,(H,26,28). The summed E-state index contributed by atoms with van der Waals surface area (Å²) in [6, 6.07) is 8.81. The SMILES string of the molecule is CCOc1ccc(CC(=O)NCCc2c(C)[nH]c3c(C)ccc(F)c23)cc1OCC. The lowest BCUT2D eigenvalue weighted by Gasteiger charge is -2.12. The quantitative estimate of drug-likeness (QED) is 0.539. The van der Waals surface area contributed by atoms with E-state index in [1.165, 1.54) is 6.07 Å². The molecular weight excluding hydrogens is 383 g/mol. The van der Waals surface area contributed by atoms with E-state index in [1.54, 1.807) is 6.07 Å². The monoisotopic (exact) mass is 412 g/mol. The molecule has 0 radical (unpaired) electrons. The maximum Gasteiger partial charge on any atom is 0.224 e. The molecular formula is C24H29FN2O3. The van der Waals surface area contributed by atoms with E-state index in [2.05, 4.69) is 10.3 Å². The zero-order valence-electron chi connectivity index (χ0n) is 18.0. The van der Waals surface area contributed by atoms with Crippen LogP contribution in [-0.2, 0) is 17.6 Å². The largest absolute Gasteiger partial charge is 0.490 e. The van der Waals surface area contributed by atoms with Gasteiger partial charge in [-0.25, -0.2) is 4.39 Å². The van der Waals surface area contributed by atoms with Crippen LogP contribution in [0.5, 0.6) is 11.5 Å². The molecule has 0 aliphatic carbocycles. The number of aromatic amines is 1. The number of hydrogen-bond acceptors (Lipinski definition) is 3. The van der Waals surface area contributed by atoms with E-state index in [0.717, 1.165) is 27.9 Å². The van der Waals surface area contributed by atoms with Crippen LogP contribution in [0.2, 0.25) is 0 Å². The maximum atomic E-state index is 14.4. The number of fused-ring (bicyclic) bond motifs is 1. The van der Waals surface area contributed by atoms with Crippen LogP contribution in [0.1, 0.15) is 36.2 Å². The molecule has 30 heavy (non-hydrogen) atoms. The highest BCUT2D eigenvalue weighted by Crippen LogP contribution is 2.29. The topological polar surface area (TPSA) is 63.3 Å². The lowest BCUT2D eigenvalue weighted by Crippen LogP contribution is -2.27. The number of amides is 1. The van der Waals surface area contributed by atoms with E-state index >= 15 is 0 Å². The molecule has 1 amide bonds. The number of ether oxygens (including phenoxy) is 2. The van der Waals surface area contributed by atoms with Gasteiger partial charge in [0.15, 0.2) is 11.5 Å². The zero-order chi connectivity index (χ0) is 21.7. The van der Waals surface area contributed by atoms with Crippen molar-refractivity contribution < 1.29 is 18.7 Å². The molecule has 0 saturated carbocycles. The Morgan fingerprint density at radius 3 is 2.53 bits per heavy atom. The van der Waals surface area contributed by atoms with Gasteiger partial charge in [0.2, 0.25) is 5.91 Å². The molecule has 160 valence electrons. The van der Waals surface area contributed by atoms with Gasteiger partial charge in [0.1, 0.15) is 5.82 Å². The van der Waals surface area contributed by atoms with E-state index in [4.69, 9.17) is 9.47 Å². The zero-order valence-corrected chi connectivity index (χ0v) is 18.0. The Balaban J connectivity index is 1.63. The Hall–Kier alpha value is -3.02. The van der Waals surface area contributed by atoms with Gasteiger partial charge in [-0.05, 0) is 69.0 Å². The number of hydrogen-bond donors (Lipinski definition) is 2. The van der Waals surface area contributed by atoms with Crippen molar-refractivity contribution in [1.29, 1.82) is 0 Å². The molecule has 6 heteroatoms. The Morgan fingerprint density at radius 1 is 1.07 bits per heavy atom. The third-order valence-corrected chi connectivity index (χ3v) is 5.10. The predicted molar refractivity (Wildman–Crippen MR) is 117 cm³/mol. The highest BCUT2D eigenvalue weighted by Gasteiger charge is 2.15. The van der Waals surface area contributed by atoms with Gasteiger partial charge in [0.25, 0.3) is 0 Å². The fourth-order valence-corrected chi connectivity index (χ4v) is 3.68. The first-order chi connectivity index (χ1) is 14.4. The van der Waals surface area contributed by atoms with Crippen LogP contribution in [0.25, 0.3) is 10.9 Å². The van der Waals surface area contributed by atoms with Crippen LogP contribution in [0, 0.1) is 19.7 Å². The highest BCUT2D eigenvalue weighted by atomic mass is 19.1. The third-order valence-electron chi connectivity index (χ3n) is 5.10. The Labute approximate surface area is 176 Å². The van der Waals surface area contributed by atoms with E-state index in [1.807, 2.05) is 45.9 Å². The van der Waals surface area contributed by atoms with Crippen molar-refractivity contribution in [2.45, 2.75) is 40.5 Å². The molecule has 5 nitrogen and oxygen atoms in total.